The van der Waals surface area contributed by atoms with Crippen LogP contribution in [0.2, 0.25) is 0 Å². The maximum Gasteiger partial charge on any atom is 0.229 e. The number of benzene rings is 1. The van der Waals surface area contributed by atoms with Crippen molar-refractivity contribution in [3.8, 4) is 0 Å². The van der Waals surface area contributed by atoms with Gasteiger partial charge in [0.1, 0.15) is 0 Å². The molecular formula is C15H21NO3S. The van der Waals surface area contributed by atoms with Gasteiger partial charge in [-0.05, 0) is 37.1 Å². The third kappa shape index (κ3) is 4.34. The highest BCUT2D eigenvalue weighted by atomic mass is 32.2. The van der Waals surface area contributed by atoms with Gasteiger partial charge in [-0.25, -0.2) is 8.42 Å². The largest absolute Gasteiger partial charge is 0.294 e. The molecule has 2 rings (SSSR count). The summed E-state index contributed by atoms with van der Waals surface area (Å²) in [5.74, 6) is 0.323. The van der Waals surface area contributed by atoms with Crippen molar-refractivity contribution < 1.29 is 13.2 Å². The second-order valence-electron chi connectivity index (χ2n) is 5.50. The lowest BCUT2D eigenvalue weighted by molar-refractivity contribution is 0.0908. The van der Waals surface area contributed by atoms with Crippen LogP contribution in [0, 0.1) is 5.92 Å². The number of Topliss-reactive ketones (excluding diaryl/α,β-unsaturated/α-hetero) is 1. The van der Waals surface area contributed by atoms with Gasteiger partial charge in [-0.2, -0.15) is 0 Å². The topological polar surface area (TPSA) is 63.2 Å². The van der Waals surface area contributed by atoms with Crippen LogP contribution in [0.25, 0.3) is 0 Å². The minimum absolute atomic E-state index is 0.131. The molecule has 1 aromatic rings. The lowest BCUT2D eigenvalue weighted by Gasteiger charge is -2.13. The Morgan fingerprint density at radius 2 is 1.60 bits per heavy atom. The summed E-state index contributed by atoms with van der Waals surface area (Å²) in [5.41, 5.74) is 1.17. The Morgan fingerprint density at radius 1 is 1.05 bits per heavy atom. The molecule has 1 saturated carbocycles. The van der Waals surface area contributed by atoms with Gasteiger partial charge in [0.15, 0.2) is 5.78 Å². The SMILES string of the molecule is CS(=O)(=O)Nc1ccc(C(=O)C2CCCCCC2)cc1. The number of hydrogen-bond donors (Lipinski definition) is 1. The molecule has 0 unspecified atom stereocenters. The molecule has 0 aromatic heterocycles. The minimum atomic E-state index is -3.27. The van der Waals surface area contributed by atoms with Gasteiger partial charge in [0.2, 0.25) is 10.0 Å². The Hall–Kier alpha value is -1.36. The molecule has 1 fully saturated rings. The van der Waals surface area contributed by atoms with Crippen LogP contribution in [0.4, 0.5) is 5.69 Å². The molecule has 0 heterocycles. The van der Waals surface area contributed by atoms with Crippen molar-refractivity contribution in [1.82, 2.24) is 0 Å². The van der Waals surface area contributed by atoms with Crippen molar-refractivity contribution in [2.45, 2.75) is 38.5 Å². The highest BCUT2D eigenvalue weighted by Crippen LogP contribution is 2.26. The summed E-state index contributed by atoms with van der Waals surface area (Å²) in [6, 6.07) is 6.71. The number of carbonyl (C=O) groups is 1. The fourth-order valence-electron chi connectivity index (χ4n) is 2.69. The molecule has 0 amide bonds. The van der Waals surface area contributed by atoms with Gasteiger partial charge in [0, 0.05) is 17.2 Å². The van der Waals surface area contributed by atoms with Crippen LogP contribution in [0.15, 0.2) is 24.3 Å². The summed E-state index contributed by atoms with van der Waals surface area (Å²) in [6.45, 7) is 0. The van der Waals surface area contributed by atoms with E-state index >= 15 is 0 Å². The number of hydrogen-bond acceptors (Lipinski definition) is 3. The third-order valence-corrected chi connectivity index (χ3v) is 4.31. The van der Waals surface area contributed by atoms with Crippen molar-refractivity contribution in [2.24, 2.45) is 5.92 Å². The van der Waals surface area contributed by atoms with Crippen LogP contribution in [-0.4, -0.2) is 20.5 Å². The average Bonchev–Trinajstić information content (AvgIpc) is 2.66. The summed E-state index contributed by atoms with van der Waals surface area (Å²) in [7, 11) is -3.27. The van der Waals surface area contributed by atoms with E-state index < -0.39 is 10.0 Å². The summed E-state index contributed by atoms with van der Waals surface area (Å²) in [5, 5.41) is 0. The quantitative estimate of drug-likeness (QED) is 0.685. The third-order valence-electron chi connectivity index (χ3n) is 3.70. The second-order valence-corrected chi connectivity index (χ2v) is 7.25. The lowest BCUT2D eigenvalue weighted by Crippen LogP contribution is -2.14. The van der Waals surface area contributed by atoms with Crippen molar-refractivity contribution in [2.75, 3.05) is 11.0 Å². The fraction of sp³-hybridized carbons (Fsp3) is 0.533. The maximum absolute atomic E-state index is 12.4. The highest BCUT2D eigenvalue weighted by Gasteiger charge is 2.21. The van der Waals surface area contributed by atoms with Crippen LogP contribution in [0.3, 0.4) is 0 Å². The van der Waals surface area contributed by atoms with Crippen LogP contribution < -0.4 is 4.72 Å². The van der Waals surface area contributed by atoms with Gasteiger partial charge in [-0.3, -0.25) is 9.52 Å². The monoisotopic (exact) mass is 295 g/mol. The molecule has 0 radical (unpaired) electrons. The maximum atomic E-state index is 12.4. The number of nitrogens with one attached hydrogen (secondary N) is 1. The predicted molar refractivity (Wildman–Crippen MR) is 80.4 cm³/mol. The highest BCUT2D eigenvalue weighted by molar-refractivity contribution is 7.92. The summed E-state index contributed by atoms with van der Waals surface area (Å²) < 4.78 is 24.7. The summed E-state index contributed by atoms with van der Waals surface area (Å²) >= 11 is 0. The molecule has 1 aliphatic carbocycles. The number of sulfonamides is 1. The van der Waals surface area contributed by atoms with Crippen LogP contribution >= 0.6 is 0 Å². The molecule has 0 atom stereocenters. The standard InChI is InChI=1S/C15H21NO3S/c1-20(18,19)16-14-10-8-13(9-11-14)15(17)12-6-4-2-3-5-7-12/h8-12,16H,2-7H2,1H3. The zero-order valence-corrected chi connectivity index (χ0v) is 12.6. The fourth-order valence-corrected chi connectivity index (χ4v) is 3.26. The van der Waals surface area contributed by atoms with E-state index in [9.17, 15) is 13.2 Å². The van der Waals surface area contributed by atoms with E-state index in [2.05, 4.69) is 4.72 Å². The molecule has 5 heteroatoms. The van der Waals surface area contributed by atoms with E-state index in [-0.39, 0.29) is 11.7 Å². The number of anilines is 1. The molecule has 1 N–H and O–H groups in total. The van der Waals surface area contributed by atoms with E-state index in [4.69, 9.17) is 0 Å². The van der Waals surface area contributed by atoms with Gasteiger partial charge >= 0.3 is 0 Å². The van der Waals surface area contributed by atoms with Crippen molar-refractivity contribution >= 4 is 21.5 Å². The smallest absolute Gasteiger partial charge is 0.229 e. The number of ketones is 1. The normalized spacial score (nSPS) is 17.4. The Labute approximate surface area is 120 Å². The Kier molecular flexibility index (Phi) is 4.81. The molecule has 110 valence electrons. The second kappa shape index (κ2) is 6.39. The van der Waals surface area contributed by atoms with E-state index in [0.29, 0.717) is 11.3 Å². The van der Waals surface area contributed by atoms with Crippen molar-refractivity contribution in [3.05, 3.63) is 29.8 Å². The first kappa shape index (κ1) is 15.0. The van der Waals surface area contributed by atoms with Crippen molar-refractivity contribution in [1.29, 1.82) is 0 Å². The first-order valence-corrected chi connectivity index (χ1v) is 8.97. The summed E-state index contributed by atoms with van der Waals surface area (Å²) in [4.78, 5) is 12.4. The molecular weight excluding hydrogens is 274 g/mol. The first-order valence-electron chi connectivity index (χ1n) is 7.08. The predicted octanol–water partition coefficient (Wildman–Crippen LogP) is 3.21. The van der Waals surface area contributed by atoms with E-state index in [1.807, 2.05) is 0 Å². The van der Waals surface area contributed by atoms with Gasteiger partial charge in [-0.1, -0.05) is 25.7 Å². The first-order chi connectivity index (χ1) is 9.46. The van der Waals surface area contributed by atoms with Crippen molar-refractivity contribution in [3.63, 3.8) is 0 Å². The Bertz CT molecular complexity index is 555. The Balaban J connectivity index is 2.07. The van der Waals surface area contributed by atoms with Gasteiger partial charge in [0.25, 0.3) is 0 Å². The molecule has 1 aliphatic rings. The molecule has 0 bridgehead atoms. The Morgan fingerprint density at radius 3 is 2.10 bits per heavy atom. The molecule has 4 nitrogen and oxygen atoms in total. The molecule has 0 spiro atoms. The van der Waals surface area contributed by atoms with Gasteiger partial charge in [-0.15, -0.1) is 0 Å². The molecule has 1 aromatic carbocycles. The average molecular weight is 295 g/mol. The van der Waals surface area contributed by atoms with E-state index in [0.717, 1.165) is 31.9 Å². The zero-order chi connectivity index (χ0) is 14.6. The van der Waals surface area contributed by atoms with E-state index in [1.54, 1.807) is 24.3 Å². The number of carbonyl (C=O) groups excluding carboxylic acids is 1. The van der Waals surface area contributed by atoms with Gasteiger partial charge < -0.3 is 0 Å². The zero-order valence-electron chi connectivity index (χ0n) is 11.8. The van der Waals surface area contributed by atoms with Crippen LogP contribution in [0.5, 0.6) is 0 Å². The lowest BCUT2D eigenvalue weighted by atomic mass is 9.91. The minimum Gasteiger partial charge on any atom is -0.294 e. The molecule has 0 saturated heterocycles. The van der Waals surface area contributed by atoms with Crippen LogP contribution in [-0.2, 0) is 10.0 Å². The van der Waals surface area contributed by atoms with E-state index in [1.165, 1.54) is 12.8 Å². The summed E-state index contributed by atoms with van der Waals surface area (Å²) in [6.07, 6.45) is 7.76. The molecule has 20 heavy (non-hydrogen) atoms. The molecule has 0 aliphatic heterocycles. The number of rotatable bonds is 4. The van der Waals surface area contributed by atoms with Crippen LogP contribution in [0.1, 0.15) is 48.9 Å². The van der Waals surface area contributed by atoms with Gasteiger partial charge in [0.05, 0.1) is 6.26 Å².